The summed E-state index contributed by atoms with van der Waals surface area (Å²) in [5, 5.41) is 8.35. The minimum atomic E-state index is -3.18. The molecule has 74 valence electrons. The van der Waals surface area contributed by atoms with Crippen LogP contribution in [0.15, 0.2) is 0 Å². The molecule has 0 heterocycles. The van der Waals surface area contributed by atoms with Crippen LogP contribution in [0.3, 0.4) is 0 Å². The highest BCUT2D eigenvalue weighted by Crippen LogP contribution is 1.95. The Hall–Kier alpha value is 0.160. The van der Waals surface area contributed by atoms with E-state index in [4.69, 9.17) is 16.7 Å². The van der Waals surface area contributed by atoms with E-state index in [1.165, 1.54) is 0 Å². The molecule has 0 atom stereocenters. The maximum Gasteiger partial charge on any atom is 0.211 e. The SMILES string of the molecule is O=S(=O)(CCCCCl)NCCO. The van der Waals surface area contributed by atoms with Crippen LogP contribution in [0.2, 0.25) is 0 Å². The molecule has 6 heteroatoms. The van der Waals surface area contributed by atoms with E-state index in [1.54, 1.807) is 0 Å². The minimum absolute atomic E-state index is 0.0831. The summed E-state index contributed by atoms with van der Waals surface area (Å²) in [6.45, 7) is -0.0854. The molecule has 0 bridgehead atoms. The van der Waals surface area contributed by atoms with E-state index in [9.17, 15) is 8.42 Å². The van der Waals surface area contributed by atoms with Crippen LogP contribution in [0.25, 0.3) is 0 Å². The van der Waals surface area contributed by atoms with Crippen molar-refractivity contribution in [3.8, 4) is 0 Å². The number of halogens is 1. The fraction of sp³-hybridized carbons (Fsp3) is 1.00. The molecule has 0 aromatic rings. The van der Waals surface area contributed by atoms with Crippen molar-refractivity contribution in [2.75, 3.05) is 24.8 Å². The molecule has 0 amide bonds. The van der Waals surface area contributed by atoms with E-state index in [2.05, 4.69) is 4.72 Å². The zero-order chi connectivity index (χ0) is 9.45. The Morgan fingerprint density at radius 1 is 1.33 bits per heavy atom. The Labute approximate surface area is 78.0 Å². The molecule has 0 aliphatic rings. The van der Waals surface area contributed by atoms with Gasteiger partial charge < -0.3 is 5.11 Å². The van der Waals surface area contributed by atoms with Crippen LogP contribution in [-0.4, -0.2) is 38.3 Å². The third kappa shape index (κ3) is 6.84. The van der Waals surface area contributed by atoms with Gasteiger partial charge in [0.1, 0.15) is 0 Å². The number of unbranched alkanes of at least 4 members (excludes halogenated alkanes) is 1. The number of hydrogen-bond donors (Lipinski definition) is 2. The zero-order valence-electron chi connectivity index (χ0n) is 6.79. The summed E-state index contributed by atoms with van der Waals surface area (Å²) in [6, 6.07) is 0. The lowest BCUT2D eigenvalue weighted by Crippen LogP contribution is -2.28. The van der Waals surface area contributed by atoms with Gasteiger partial charge in [0, 0.05) is 12.4 Å². The Balaban J connectivity index is 3.58. The molecule has 0 aliphatic carbocycles. The van der Waals surface area contributed by atoms with Crippen molar-refractivity contribution < 1.29 is 13.5 Å². The summed E-state index contributed by atoms with van der Waals surface area (Å²) in [5.41, 5.74) is 0. The van der Waals surface area contributed by atoms with Gasteiger partial charge in [-0.15, -0.1) is 11.6 Å². The van der Waals surface area contributed by atoms with Crippen molar-refractivity contribution in [2.45, 2.75) is 12.8 Å². The first-order valence-corrected chi connectivity index (χ1v) is 5.95. The van der Waals surface area contributed by atoms with Crippen LogP contribution in [0, 0.1) is 0 Å². The Kier molecular flexibility index (Phi) is 6.74. The number of sulfonamides is 1. The van der Waals surface area contributed by atoms with Gasteiger partial charge in [-0.1, -0.05) is 0 Å². The maximum absolute atomic E-state index is 11.0. The molecule has 0 unspecified atom stereocenters. The standard InChI is InChI=1S/C6H14ClNO3S/c7-3-1-2-6-12(10,11)8-4-5-9/h8-9H,1-6H2. The number of nitrogens with one attached hydrogen (secondary N) is 1. The largest absolute Gasteiger partial charge is 0.395 e. The van der Waals surface area contributed by atoms with Gasteiger partial charge in [0.2, 0.25) is 10.0 Å². The van der Waals surface area contributed by atoms with Crippen LogP contribution in [0.4, 0.5) is 0 Å². The lowest BCUT2D eigenvalue weighted by Gasteiger charge is -2.03. The zero-order valence-corrected chi connectivity index (χ0v) is 8.36. The van der Waals surface area contributed by atoms with E-state index in [1.807, 2.05) is 0 Å². The second-order valence-corrected chi connectivity index (χ2v) is 4.64. The molecule has 4 nitrogen and oxygen atoms in total. The van der Waals surface area contributed by atoms with E-state index in [0.29, 0.717) is 18.7 Å². The van der Waals surface area contributed by atoms with Crippen molar-refractivity contribution in [1.29, 1.82) is 0 Å². The van der Waals surface area contributed by atoms with Gasteiger partial charge >= 0.3 is 0 Å². The number of rotatable bonds is 7. The molecule has 12 heavy (non-hydrogen) atoms. The summed E-state index contributed by atoms with van der Waals surface area (Å²) >= 11 is 5.38. The Bertz CT molecular complexity index is 193. The minimum Gasteiger partial charge on any atom is -0.395 e. The Morgan fingerprint density at radius 2 is 2.00 bits per heavy atom. The predicted octanol–water partition coefficient (Wildman–Crippen LogP) is -0.0829. The van der Waals surface area contributed by atoms with E-state index in [0.717, 1.165) is 0 Å². The fourth-order valence-electron chi connectivity index (χ4n) is 0.660. The molecular weight excluding hydrogens is 202 g/mol. The molecule has 0 saturated carbocycles. The van der Waals surface area contributed by atoms with Crippen LogP contribution >= 0.6 is 11.6 Å². The topological polar surface area (TPSA) is 66.4 Å². The number of alkyl halides is 1. The highest BCUT2D eigenvalue weighted by Gasteiger charge is 2.07. The maximum atomic E-state index is 11.0. The molecule has 0 aliphatic heterocycles. The third-order valence-corrected chi connectivity index (χ3v) is 2.97. The quantitative estimate of drug-likeness (QED) is 0.461. The first-order valence-electron chi connectivity index (χ1n) is 3.76. The summed E-state index contributed by atoms with van der Waals surface area (Å²) in [5.74, 6) is 0.565. The van der Waals surface area contributed by atoms with Gasteiger partial charge in [-0.3, -0.25) is 0 Å². The number of aliphatic hydroxyl groups is 1. The average Bonchev–Trinajstić information content (AvgIpc) is 2.01. The van der Waals surface area contributed by atoms with Gasteiger partial charge in [-0.25, -0.2) is 13.1 Å². The number of hydrogen-bond acceptors (Lipinski definition) is 3. The fourth-order valence-corrected chi connectivity index (χ4v) is 1.98. The molecule has 0 radical (unpaired) electrons. The van der Waals surface area contributed by atoms with Crippen molar-refractivity contribution in [1.82, 2.24) is 4.72 Å². The van der Waals surface area contributed by atoms with Gasteiger partial charge in [-0.2, -0.15) is 0 Å². The van der Waals surface area contributed by atoms with Crippen LogP contribution in [0.5, 0.6) is 0 Å². The van der Waals surface area contributed by atoms with E-state index < -0.39 is 10.0 Å². The average molecular weight is 216 g/mol. The molecule has 2 N–H and O–H groups in total. The smallest absolute Gasteiger partial charge is 0.211 e. The summed E-state index contributed by atoms with van der Waals surface area (Å²) < 4.78 is 24.2. The summed E-state index contributed by atoms with van der Waals surface area (Å²) in [7, 11) is -3.18. The molecule has 0 saturated heterocycles. The van der Waals surface area contributed by atoms with Crippen molar-refractivity contribution in [3.05, 3.63) is 0 Å². The lowest BCUT2D eigenvalue weighted by molar-refractivity contribution is 0.301. The van der Waals surface area contributed by atoms with Crippen LogP contribution < -0.4 is 4.72 Å². The second-order valence-electron chi connectivity index (χ2n) is 2.33. The van der Waals surface area contributed by atoms with Crippen molar-refractivity contribution in [3.63, 3.8) is 0 Å². The third-order valence-electron chi connectivity index (χ3n) is 1.23. The normalized spacial score (nSPS) is 11.8. The first kappa shape index (κ1) is 12.2. The molecule has 0 aromatic carbocycles. The van der Waals surface area contributed by atoms with Crippen LogP contribution in [-0.2, 0) is 10.0 Å². The highest BCUT2D eigenvalue weighted by atomic mass is 35.5. The van der Waals surface area contributed by atoms with E-state index >= 15 is 0 Å². The highest BCUT2D eigenvalue weighted by molar-refractivity contribution is 7.89. The molecule has 0 spiro atoms. The van der Waals surface area contributed by atoms with Crippen LogP contribution in [0.1, 0.15) is 12.8 Å². The van der Waals surface area contributed by atoms with Crippen molar-refractivity contribution in [2.24, 2.45) is 0 Å². The Morgan fingerprint density at radius 3 is 2.50 bits per heavy atom. The molecule has 0 rings (SSSR count). The van der Waals surface area contributed by atoms with E-state index in [-0.39, 0.29) is 18.9 Å². The van der Waals surface area contributed by atoms with Crippen molar-refractivity contribution >= 4 is 21.6 Å². The molecular formula is C6H14ClNO3S. The summed E-state index contributed by atoms with van der Waals surface area (Å²) in [6.07, 6.45) is 1.26. The monoisotopic (exact) mass is 215 g/mol. The van der Waals surface area contributed by atoms with Gasteiger partial charge in [0.05, 0.1) is 12.4 Å². The van der Waals surface area contributed by atoms with Gasteiger partial charge in [-0.05, 0) is 12.8 Å². The van der Waals surface area contributed by atoms with Gasteiger partial charge in [0.15, 0.2) is 0 Å². The first-order chi connectivity index (χ1) is 5.62. The number of aliphatic hydroxyl groups excluding tert-OH is 1. The summed E-state index contributed by atoms with van der Waals surface area (Å²) in [4.78, 5) is 0. The van der Waals surface area contributed by atoms with Gasteiger partial charge in [0.25, 0.3) is 0 Å². The molecule has 0 aromatic heterocycles. The lowest BCUT2D eigenvalue weighted by atomic mass is 10.4. The molecule has 0 fully saturated rings. The predicted molar refractivity (Wildman–Crippen MR) is 48.8 cm³/mol. The second kappa shape index (κ2) is 6.65.